The van der Waals surface area contributed by atoms with Crippen LogP contribution < -0.4 is 62.1 Å². The average molecular weight is 1470 g/mol. The van der Waals surface area contributed by atoms with Crippen molar-refractivity contribution in [2.75, 3.05) is 172 Å². The number of nitrogens with one attached hydrogen (secondary N) is 8. The van der Waals surface area contributed by atoms with Gasteiger partial charge in [-0.05, 0) is 107 Å². The fourth-order valence-electron chi connectivity index (χ4n) is 15.0. The van der Waals surface area contributed by atoms with E-state index < -0.39 is 0 Å². The number of piperazine rings is 4. The van der Waals surface area contributed by atoms with E-state index in [0.29, 0.717) is 23.8 Å². The molecule has 0 saturated carbocycles. The third-order valence-corrected chi connectivity index (χ3v) is 21.2. The van der Waals surface area contributed by atoms with Crippen molar-refractivity contribution in [1.29, 1.82) is 0 Å². The van der Waals surface area contributed by atoms with E-state index in [1.807, 2.05) is 87.7 Å². The minimum atomic E-state index is 0.558. The van der Waals surface area contributed by atoms with Crippen molar-refractivity contribution >= 4 is 142 Å². The van der Waals surface area contributed by atoms with Crippen molar-refractivity contribution in [3.63, 3.8) is 0 Å². The molecule has 4 fully saturated rings. The molecule has 0 radical (unpaired) electrons. The molecule has 31 nitrogen and oxygen atoms in total. The maximum absolute atomic E-state index is 5.50. The Labute approximate surface area is 630 Å². The van der Waals surface area contributed by atoms with E-state index >= 15 is 0 Å². The molecule has 20 rings (SSSR count). The van der Waals surface area contributed by atoms with Gasteiger partial charge in [0.15, 0.2) is 0 Å². The van der Waals surface area contributed by atoms with Gasteiger partial charge in [-0.1, -0.05) is 12.2 Å². The van der Waals surface area contributed by atoms with Crippen LogP contribution in [0.2, 0.25) is 0 Å². The van der Waals surface area contributed by atoms with Crippen LogP contribution in [0.5, 0.6) is 0 Å². The highest BCUT2D eigenvalue weighted by atomic mass is 32.1. The summed E-state index contributed by atoms with van der Waals surface area (Å²) in [6.45, 7) is 27.5. The van der Waals surface area contributed by atoms with Gasteiger partial charge in [-0.3, -0.25) is 14.9 Å². The van der Waals surface area contributed by atoms with Crippen LogP contribution in [0, 0.1) is 0 Å². The summed E-state index contributed by atoms with van der Waals surface area (Å²) in [6, 6.07) is 24.8. The second-order valence-corrected chi connectivity index (χ2v) is 28.5. The van der Waals surface area contributed by atoms with Crippen LogP contribution in [-0.2, 0) is 32.7 Å². The third kappa shape index (κ3) is 15.5. The number of pyridine rings is 4. The summed E-state index contributed by atoms with van der Waals surface area (Å²) in [7, 11) is 2.15. The molecule has 12 aromatic heterocycles. The maximum Gasteiger partial charge on any atom is 0.230 e. The van der Waals surface area contributed by atoms with Crippen LogP contribution in [-0.4, -0.2) is 231 Å². The predicted molar refractivity (Wildman–Crippen MR) is 432 cm³/mol. The first-order chi connectivity index (χ1) is 53.1. The van der Waals surface area contributed by atoms with Crippen molar-refractivity contribution in [2.24, 2.45) is 9.98 Å². The Hall–Kier alpha value is -11.3. The van der Waals surface area contributed by atoms with E-state index in [9.17, 15) is 0 Å². The molecule has 32 heteroatoms. The van der Waals surface area contributed by atoms with Crippen LogP contribution in [0.4, 0.5) is 69.8 Å². The number of thiocarbonyl (C=S) groups is 1. The minimum absolute atomic E-state index is 0.558. The van der Waals surface area contributed by atoms with E-state index in [2.05, 4.69) is 191 Å². The number of fused-ring (bicyclic) bond motifs is 12. The van der Waals surface area contributed by atoms with Gasteiger partial charge >= 0.3 is 0 Å². The Bertz CT molecular complexity index is 4920. The molecule has 554 valence electrons. The average Bonchev–Trinajstić information content (AvgIpc) is 1.64. The summed E-state index contributed by atoms with van der Waals surface area (Å²) >= 11 is 5.50. The monoisotopic (exact) mass is 1470 g/mol. The molecule has 0 aromatic carbocycles. The second-order valence-electron chi connectivity index (χ2n) is 28.0. The molecule has 20 heterocycles. The molecule has 0 aliphatic carbocycles. The Kier molecular flexibility index (Phi) is 20.4. The normalized spacial score (nSPS) is 17.2. The first kappa shape index (κ1) is 69.7. The molecule has 8 aliphatic heterocycles. The molecule has 4 saturated heterocycles. The molecule has 0 bridgehead atoms. The lowest BCUT2D eigenvalue weighted by atomic mass is 10.1. The molecule has 8 aliphatic rings. The Morgan fingerprint density at radius 3 is 1.04 bits per heavy atom. The highest BCUT2D eigenvalue weighted by molar-refractivity contribution is 7.80. The summed E-state index contributed by atoms with van der Waals surface area (Å²) < 4.78 is 8.93. The maximum atomic E-state index is 5.50. The molecule has 12 aromatic rings. The summed E-state index contributed by atoms with van der Waals surface area (Å²) in [6.07, 6.45) is 17.2. The van der Waals surface area contributed by atoms with Gasteiger partial charge in [0.05, 0.1) is 89.1 Å². The van der Waals surface area contributed by atoms with Gasteiger partial charge in [-0.15, -0.1) is 0 Å². The molecule has 0 spiro atoms. The molecular formula is C76H89N31S. The summed E-state index contributed by atoms with van der Waals surface area (Å²) in [4.78, 5) is 76.6. The highest BCUT2D eigenvalue weighted by Gasteiger charge is 2.24. The fraction of sp³-hybridized carbons (Fsp3) is 0.382. The molecule has 0 unspecified atom stereocenters. The number of nitrogens with zero attached hydrogens (tertiary/aromatic N) is 23. The first-order valence-corrected chi connectivity index (χ1v) is 37.9. The van der Waals surface area contributed by atoms with Crippen LogP contribution in [0.15, 0.2) is 132 Å². The zero-order valence-corrected chi connectivity index (χ0v) is 61.9. The number of anilines is 12. The van der Waals surface area contributed by atoms with Crippen LogP contribution >= 0.6 is 12.2 Å². The summed E-state index contributed by atoms with van der Waals surface area (Å²) in [5.41, 5.74) is 15.2. The van der Waals surface area contributed by atoms with E-state index in [1.165, 1.54) is 5.69 Å². The third-order valence-electron chi connectivity index (χ3n) is 20.8. The lowest BCUT2D eigenvalue weighted by molar-refractivity contribution is 0.272. The van der Waals surface area contributed by atoms with Crippen molar-refractivity contribution in [3.8, 4) is 0 Å². The molecule has 0 atom stereocenters. The van der Waals surface area contributed by atoms with E-state index in [1.54, 1.807) is 0 Å². The van der Waals surface area contributed by atoms with Crippen molar-refractivity contribution in [1.82, 2.24) is 104 Å². The minimum Gasteiger partial charge on any atom is -0.368 e. The first-order valence-electron chi connectivity index (χ1n) is 37.5. The zero-order valence-electron chi connectivity index (χ0n) is 61.1. The molecular weight excluding hydrogens is 1380 g/mol. The van der Waals surface area contributed by atoms with Gasteiger partial charge in [0.25, 0.3) is 0 Å². The highest BCUT2D eigenvalue weighted by Crippen LogP contribution is 2.30. The fourth-order valence-corrected chi connectivity index (χ4v) is 15.3. The van der Waals surface area contributed by atoms with Gasteiger partial charge < -0.3 is 80.4 Å². The Morgan fingerprint density at radius 1 is 0.352 bits per heavy atom. The zero-order chi connectivity index (χ0) is 72.9. The largest absolute Gasteiger partial charge is 0.368 e. The van der Waals surface area contributed by atoms with Gasteiger partial charge in [0.1, 0.15) is 45.9 Å². The Balaban J connectivity index is 0.000000105. The lowest BCUT2D eigenvalue weighted by Crippen LogP contribution is -2.43. The number of aliphatic imine (C=N–C) groups is 2. The van der Waals surface area contributed by atoms with Crippen LogP contribution in [0.3, 0.4) is 0 Å². The van der Waals surface area contributed by atoms with Gasteiger partial charge in [-0.25, -0.2) is 39.9 Å². The second kappa shape index (κ2) is 31.6. The van der Waals surface area contributed by atoms with Gasteiger partial charge in [0.2, 0.25) is 23.8 Å². The van der Waals surface area contributed by atoms with Crippen molar-refractivity contribution < 1.29 is 0 Å². The number of hydrogen-bond donors (Lipinski definition) is 8. The summed E-state index contributed by atoms with van der Waals surface area (Å²) in [5, 5.41) is 30.6. The van der Waals surface area contributed by atoms with E-state index in [-0.39, 0.29) is 0 Å². The van der Waals surface area contributed by atoms with E-state index in [0.717, 1.165) is 293 Å². The topological polar surface area (TPSA) is 312 Å². The van der Waals surface area contributed by atoms with Crippen molar-refractivity contribution in [3.05, 3.63) is 145 Å². The van der Waals surface area contributed by atoms with Crippen LogP contribution in [0.1, 0.15) is 49.5 Å². The smallest absolute Gasteiger partial charge is 0.230 e. The van der Waals surface area contributed by atoms with Gasteiger partial charge in [0, 0.05) is 201 Å². The number of aryl methyl sites for hydroxylation is 1. The number of likely N-dealkylation sites (N-methyl/N-ethyl adjacent to an activating group) is 1. The number of aromatic nitrogens is 16. The quantitative estimate of drug-likeness (QED) is 0.0548. The molecule has 0 amide bonds. The van der Waals surface area contributed by atoms with Crippen molar-refractivity contribution in [2.45, 2.75) is 59.4 Å². The lowest BCUT2D eigenvalue weighted by Gasteiger charge is -2.29. The number of rotatable bonds is 12. The standard InChI is InChI=1S/2C19H22N8.C19H24N8.C19H21N7S/c2*1-13-16-10-14-11-23-19(25-18(14)27(16)9-6-21-13)24-17-3-2-15(12-22-17)26-7-4-20-5-8-26;1-25-8-9-27-16(13-25)10-14-11-22-19(24-18(14)27)23-17-3-2-15(12-21-17)26-6-4-20-5-7-26;27-16-2-1-7-26-15(16)10-13-11-22-19(24-18(13)26)23-17-4-3-14(12-21-17)25-8-5-20-6-9-25/h2*2-3,10-12,20H,4-9H2,1H3,(H,22,23,24,25);2-3,10-12,20H,4-9,13H2,1H3,(H,21,22,23,24);3-4,10-12,20H,1-2,5-9H2,(H,21,22,23,24). The predicted octanol–water partition coefficient (Wildman–Crippen LogP) is 7.52. The molecule has 8 N–H and O–H groups in total. The summed E-state index contributed by atoms with van der Waals surface area (Å²) in [5.74, 6) is 5.27. The SMILES string of the molecule is CC1=NCCn2c1cc1cnc(Nc3ccc(N4CCNCC4)cn3)nc12.CC1=NCCn2c1cc1cnc(Nc3ccc(N4CCNCC4)cn3)nc12.CN1CCn2c(cc3cnc(Nc4ccc(N5CCNCC5)cn4)nc32)C1.S=C1CCCn2c1cc1cnc(Nc3ccc(N4CCNCC4)cn3)nc12. The Morgan fingerprint density at radius 2 is 0.685 bits per heavy atom. The van der Waals surface area contributed by atoms with E-state index in [4.69, 9.17) is 32.2 Å². The number of hydrogen-bond acceptors (Lipinski definition) is 28. The van der Waals surface area contributed by atoms with Crippen LogP contribution in [0.25, 0.3) is 44.1 Å². The van der Waals surface area contributed by atoms with Gasteiger partial charge in [-0.2, -0.15) is 19.9 Å². The molecule has 108 heavy (non-hydrogen) atoms.